The van der Waals surface area contributed by atoms with Crippen molar-refractivity contribution in [3.8, 4) is 0 Å². The average Bonchev–Trinajstić information content (AvgIpc) is 2.89. The highest BCUT2D eigenvalue weighted by atomic mass is 127. The van der Waals surface area contributed by atoms with E-state index in [1.807, 2.05) is 0 Å². The van der Waals surface area contributed by atoms with E-state index in [0.29, 0.717) is 24.0 Å². The number of piperazine rings is 1. The maximum absolute atomic E-state index is 4.90. The highest BCUT2D eigenvalue weighted by Crippen LogP contribution is 2.18. The molecule has 0 aromatic carbocycles. The van der Waals surface area contributed by atoms with Crippen LogP contribution in [0, 0.1) is 5.92 Å². The summed E-state index contributed by atoms with van der Waals surface area (Å²) in [5.74, 6) is 1.63. The lowest BCUT2D eigenvalue weighted by molar-refractivity contribution is 0.119. The summed E-state index contributed by atoms with van der Waals surface area (Å²) in [6, 6.07) is 1.61. The van der Waals surface area contributed by atoms with Crippen LogP contribution in [0.15, 0.2) is 4.99 Å². The van der Waals surface area contributed by atoms with E-state index < -0.39 is 0 Å². The maximum Gasteiger partial charge on any atom is 0.191 e. The summed E-state index contributed by atoms with van der Waals surface area (Å²) in [7, 11) is 4.42. The first-order chi connectivity index (χ1) is 11.4. The molecule has 148 valence electrons. The number of likely N-dealkylation sites (tertiary alicyclic amines) is 1. The highest BCUT2D eigenvalue weighted by molar-refractivity contribution is 14.0. The number of rotatable bonds is 5. The van der Waals surface area contributed by atoms with Crippen LogP contribution in [-0.2, 0) is 0 Å². The molecule has 0 radical (unpaired) electrons. The van der Waals surface area contributed by atoms with E-state index in [4.69, 9.17) is 4.99 Å². The Kier molecular flexibility index (Phi) is 9.98. The molecule has 0 saturated carbocycles. The molecule has 0 amide bonds. The molecule has 2 aliphatic rings. The fraction of sp³-hybridized carbons (Fsp3) is 0.944. The first-order valence-electron chi connectivity index (χ1n) is 9.58. The SMILES string of the molecule is CCNC(=NCC1CN(C)CCN1C)NC1CN(C(C)C)CC1C.I. The van der Waals surface area contributed by atoms with E-state index >= 15 is 0 Å². The van der Waals surface area contributed by atoms with Gasteiger partial charge in [-0.15, -0.1) is 24.0 Å². The lowest BCUT2D eigenvalue weighted by Gasteiger charge is -2.37. The molecular formula is C18H39IN6. The molecule has 2 saturated heterocycles. The molecule has 3 unspecified atom stereocenters. The van der Waals surface area contributed by atoms with Crippen LogP contribution in [-0.4, -0.2) is 98.7 Å². The minimum atomic E-state index is 0. The van der Waals surface area contributed by atoms with Gasteiger partial charge in [0.2, 0.25) is 0 Å². The third kappa shape index (κ3) is 6.84. The van der Waals surface area contributed by atoms with Gasteiger partial charge in [0, 0.05) is 57.4 Å². The minimum absolute atomic E-state index is 0. The fourth-order valence-corrected chi connectivity index (χ4v) is 3.60. The molecule has 2 heterocycles. The van der Waals surface area contributed by atoms with E-state index in [9.17, 15) is 0 Å². The number of hydrogen-bond acceptors (Lipinski definition) is 4. The first kappa shape index (κ1) is 22.9. The third-order valence-electron chi connectivity index (χ3n) is 5.48. The van der Waals surface area contributed by atoms with Gasteiger partial charge in [0.25, 0.3) is 0 Å². The Labute approximate surface area is 171 Å². The van der Waals surface area contributed by atoms with Gasteiger partial charge in [-0.25, -0.2) is 0 Å². The monoisotopic (exact) mass is 466 g/mol. The smallest absolute Gasteiger partial charge is 0.191 e. The maximum atomic E-state index is 4.90. The summed E-state index contributed by atoms with van der Waals surface area (Å²) < 4.78 is 0. The Balaban J connectivity index is 0.00000312. The molecule has 2 N–H and O–H groups in total. The molecule has 0 aliphatic carbocycles. The summed E-state index contributed by atoms with van der Waals surface area (Å²) in [5, 5.41) is 7.11. The van der Waals surface area contributed by atoms with Gasteiger partial charge in [0.05, 0.1) is 6.54 Å². The Morgan fingerprint density at radius 2 is 1.88 bits per heavy atom. The predicted molar refractivity (Wildman–Crippen MR) is 118 cm³/mol. The second-order valence-electron chi connectivity index (χ2n) is 7.89. The van der Waals surface area contributed by atoms with Gasteiger partial charge in [-0.3, -0.25) is 14.8 Å². The predicted octanol–water partition coefficient (Wildman–Crippen LogP) is 1.13. The van der Waals surface area contributed by atoms with E-state index in [1.54, 1.807) is 0 Å². The van der Waals surface area contributed by atoms with Crippen LogP contribution in [0.3, 0.4) is 0 Å². The minimum Gasteiger partial charge on any atom is -0.357 e. The lowest BCUT2D eigenvalue weighted by Crippen LogP contribution is -2.52. The van der Waals surface area contributed by atoms with Gasteiger partial charge < -0.3 is 15.5 Å². The van der Waals surface area contributed by atoms with Crippen molar-refractivity contribution in [2.45, 2.75) is 45.8 Å². The van der Waals surface area contributed by atoms with Gasteiger partial charge in [-0.1, -0.05) is 6.92 Å². The van der Waals surface area contributed by atoms with Crippen LogP contribution in [0.5, 0.6) is 0 Å². The first-order valence-corrected chi connectivity index (χ1v) is 9.58. The van der Waals surface area contributed by atoms with Crippen molar-refractivity contribution in [2.75, 3.05) is 59.9 Å². The molecule has 7 heteroatoms. The molecule has 0 spiro atoms. The van der Waals surface area contributed by atoms with Gasteiger partial charge in [0.1, 0.15) is 0 Å². The van der Waals surface area contributed by atoms with Gasteiger partial charge in [0.15, 0.2) is 5.96 Å². The van der Waals surface area contributed by atoms with Gasteiger partial charge in [-0.05, 0) is 40.8 Å². The molecule has 0 aromatic rings. The molecule has 2 rings (SSSR count). The van der Waals surface area contributed by atoms with Crippen LogP contribution in [0.25, 0.3) is 0 Å². The van der Waals surface area contributed by atoms with E-state index in [1.165, 1.54) is 6.54 Å². The molecule has 6 nitrogen and oxygen atoms in total. The summed E-state index contributed by atoms with van der Waals surface area (Å²) >= 11 is 0. The molecular weight excluding hydrogens is 427 g/mol. The second kappa shape index (κ2) is 10.9. The average molecular weight is 466 g/mol. The van der Waals surface area contributed by atoms with Crippen molar-refractivity contribution < 1.29 is 0 Å². The zero-order valence-corrected chi connectivity index (χ0v) is 19.3. The van der Waals surface area contributed by atoms with E-state index in [0.717, 1.165) is 45.2 Å². The topological polar surface area (TPSA) is 46.1 Å². The van der Waals surface area contributed by atoms with Gasteiger partial charge >= 0.3 is 0 Å². The lowest BCUT2D eigenvalue weighted by atomic mass is 10.1. The fourth-order valence-electron chi connectivity index (χ4n) is 3.60. The zero-order valence-electron chi connectivity index (χ0n) is 17.0. The van der Waals surface area contributed by atoms with Crippen molar-refractivity contribution in [2.24, 2.45) is 10.9 Å². The Bertz CT molecular complexity index is 416. The number of halogens is 1. The van der Waals surface area contributed by atoms with Crippen molar-refractivity contribution in [3.63, 3.8) is 0 Å². The number of aliphatic imine (C=N–C) groups is 1. The summed E-state index contributed by atoms with van der Waals surface area (Å²) in [5.41, 5.74) is 0. The second-order valence-corrected chi connectivity index (χ2v) is 7.89. The van der Waals surface area contributed by atoms with Crippen molar-refractivity contribution in [1.82, 2.24) is 25.3 Å². The summed E-state index contributed by atoms with van der Waals surface area (Å²) in [4.78, 5) is 12.3. The molecule has 0 bridgehead atoms. The molecule has 2 fully saturated rings. The largest absolute Gasteiger partial charge is 0.357 e. The third-order valence-corrected chi connectivity index (χ3v) is 5.48. The van der Waals surface area contributed by atoms with Crippen molar-refractivity contribution >= 4 is 29.9 Å². The molecule has 25 heavy (non-hydrogen) atoms. The van der Waals surface area contributed by atoms with E-state index in [-0.39, 0.29) is 24.0 Å². The van der Waals surface area contributed by atoms with Crippen LogP contribution < -0.4 is 10.6 Å². The Hall–Kier alpha value is -0.120. The quantitative estimate of drug-likeness (QED) is 0.362. The van der Waals surface area contributed by atoms with Crippen LogP contribution in [0.1, 0.15) is 27.7 Å². The molecule has 2 aliphatic heterocycles. The van der Waals surface area contributed by atoms with E-state index in [2.05, 4.69) is 67.1 Å². The van der Waals surface area contributed by atoms with Crippen molar-refractivity contribution in [3.05, 3.63) is 0 Å². The molecule has 3 atom stereocenters. The van der Waals surface area contributed by atoms with Gasteiger partial charge in [-0.2, -0.15) is 0 Å². The normalized spacial score (nSPS) is 29.7. The van der Waals surface area contributed by atoms with Crippen LogP contribution in [0.2, 0.25) is 0 Å². The standard InChI is InChI=1S/C18H38N6.HI/c1-7-19-18(20-10-16-12-22(5)8-9-23(16)6)21-17-13-24(14(2)3)11-15(17)4;/h14-17H,7-13H2,1-6H3,(H2,19,20,21);1H. The number of guanidine groups is 1. The van der Waals surface area contributed by atoms with Crippen molar-refractivity contribution in [1.29, 1.82) is 0 Å². The summed E-state index contributed by atoms with van der Waals surface area (Å²) in [6.07, 6.45) is 0. The molecule has 0 aromatic heterocycles. The number of nitrogens with zero attached hydrogens (tertiary/aromatic N) is 4. The Morgan fingerprint density at radius 1 is 1.16 bits per heavy atom. The summed E-state index contributed by atoms with van der Waals surface area (Å²) in [6.45, 7) is 16.5. The zero-order chi connectivity index (χ0) is 17.7. The number of hydrogen-bond donors (Lipinski definition) is 2. The number of nitrogens with one attached hydrogen (secondary N) is 2. The highest BCUT2D eigenvalue weighted by Gasteiger charge is 2.31. The van der Waals surface area contributed by atoms with Crippen LogP contribution >= 0.6 is 24.0 Å². The number of likely N-dealkylation sites (N-methyl/N-ethyl adjacent to an activating group) is 2. The van der Waals surface area contributed by atoms with Crippen LogP contribution in [0.4, 0.5) is 0 Å². The Morgan fingerprint density at radius 3 is 2.48 bits per heavy atom.